The van der Waals surface area contributed by atoms with E-state index in [0.29, 0.717) is 0 Å². The third-order valence-corrected chi connectivity index (χ3v) is 4.54. The van der Waals surface area contributed by atoms with Crippen LogP contribution in [0.25, 0.3) is 0 Å². The highest BCUT2D eigenvalue weighted by Gasteiger charge is 2.28. The van der Waals surface area contributed by atoms with Crippen LogP contribution in [0.1, 0.15) is 57.9 Å². The van der Waals surface area contributed by atoms with Crippen molar-refractivity contribution in [2.75, 3.05) is 27.2 Å². The molecule has 0 saturated heterocycles. The summed E-state index contributed by atoms with van der Waals surface area (Å²) in [7, 11) is 4.22. The van der Waals surface area contributed by atoms with E-state index in [4.69, 9.17) is 4.74 Å². The van der Waals surface area contributed by atoms with Crippen molar-refractivity contribution >= 4 is 0 Å². The molecule has 1 aromatic carbocycles. The summed E-state index contributed by atoms with van der Waals surface area (Å²) in [5, 5.41) is 0. The Morgan fingerprint density at radius 3 is 2.32 bits per heavy atom. The van der Waals surface area contributed by atoms with Crippen molar-refractivity contribution in [3.63, 3.8) is 0 Å². The highest BCUT2D eigenvalue weighted by Crippen LogP contribution is 2.29. The SMILES string of the molecule is CCCCCC(CC)(CCc1ccccc1)OCCN(C)C. The Morgan fingerprint density at radius 1 is 1.00 bits per heavy atom. The number of ether oxygens (including phenoxy) is 1. The predicted octanol–water partition coefficient (Wildman–Crippen LogP) is 4.93. The molecule has 0 aliphatic rings. The van der Waals surface area contributed by atoms with E-state index >= 15 is 0 Å². The molecule has 0 aromatic heterocycles. The van der Waals surface area contributed by atoms with Crippen LogP contribution in [-0.4, -0.2) is 37.7 Å². The maximum absolute atomic E-state index is 6.42. The van der Waals surface area contributed by atoms with Crippen LogP contribution in [-0.2, 0) is 11.2 Å². The van der Waals surface area contributed by atoms with E-state index in [9.17, 15) is 0 Å². The molecule has 0 bridgehead atoms. The lowest BCUT2D eigenvalue weighted by molar-refractivity contribution is -0.0653. The maximum Gasteiger partial charge on any atom is 0.0683 e. The highest BCUT2D eigenvalue weighted by molar-refractivity contribution is 5.15. The van der Waals surface area contributed by atoms with Gasteiger partial charge in [-0.2, -0.15) is 0 Å². The molecule has 2 heteroatoms. The summed E-state index contributed by atoms with van der Waals surface area (Å²) >= 11 is 0. The average Bonchev–Trinajstić information content (AvgIpc) is 2.53. The second-order valence-corrected chi connectivity index (χ2v) is 6.63. The standard InChI is InChI=1S/C20H35NO/c1-5-7-11-15-20(6-2,22-18-17-21(3)4)16-14-19-12-9-8-10-13-19/h8-10,12-13H,5-7,11,14-18H2,1-4H3. The summed E-state index contributed by atoms with van der Waals surface area (Å²) in [4.78, 5) is 2.20. The molecule has 0 amide bonds. The number of hydrogen-bond acceptors (Lipinski definition) is 2. The molecule has 0 fully saturated rings. The second-order valence-electron chi connectivity index (χ2n) is 6.63. The number of rotatable bonds is 12. The Balaban J connectivity index is 2.60. The van der Waals surface area contributed by atoms with Gasteiger partial charge in [0.1, 0.15) is 0 Å². The molecule has 0 spiro atoms. The van der Waals surface area contributed by atoms with Gasteiger partial charge in [-0.05, 0) is 45.3 Å². The van der Waals surface area contributed by atoms with E-state index in [1.54, 1.807) is 0 Å². The largest absolute Gasteiger partial charge is 0.374 e. The molecular weight excluding hydrogens is 270 g/mol. The van der Waals surface area contributed by atoms with Gasteiger partial charge in [0.15, 0.2) is 0 Å². The maximum atomic E-state index is 6.42. The minimum atomic E-state index is 0.0566. The van der Waals surface area contributed by atoms with Gasteiger partial charge in [0.05, 0.1) is 12.2 Å². The van der Waals surface area contributed by atoms with Crippen molar-refractivity contribution in [3.8, 4) is 0 Å². The van der Waals surface area contributed by atoms with Crippen molar-refractivity contribution in [1.29, 1.82) is 0 Å². The van der Waals surface area contributed by atoms with Gasteiger partial charge in [-0.3, -0.25) is 0 Å². The first kappa shape index (κ1) is 19.2. The third-order valence-electron chi connectivity index (χ3n) is 4.54. The van der Waals surface area contributed by atoms with E-state index in [0.717, 1.165) is 32.4 Å². The quantitative estimate of drug-likeness (QED) is 0.508. The first-order chi connectivity index (χ1) is 10.6. The normalized spacial score (nSPS) is 14.2. The number of likely N-dealkylation sites (N-methyl/N-ethyl adjacent to an activating group) is 1. The zero-order chi connectivity index (χ0) is 16.3. The third kappa shape index (κ3) is 7.42. The van der Waals surface area contributed by atoms with Gasteiger partial charge in [-0.15, -0.1) is 0 Å². The molecule has 0 aliphatic heterocycles. The van der Waals surface area contributed by atoms with E-state index in [1.165, 1.54) is 31.2 Å². The number of aryl methyl sites for hydroxylation is 1. The smallest absolute Gasteiger partial charge is 0.0683 e. The fraction of sp³-hybridized carbons (Fsp3) is 0.700. The Labute approximate surface area is 137 Å². The second kappa shape index (κ2) is 10.8. The van der Waals surface area contributed by atoms with Crippen LogP contribution in [0, 0.1) is 0 Å². The van der Waals surface area contributed by atoms with Crippen molar-refractivity contribution < 1.29 is 4.74 Å². The zero-order valence-electron chi connectivity index (χ0n) is 15.1. The van der Waals surface area contributed by atoms with Crippen LogP contribution in [0.4, 0.5) is 0 Å². The van der Waals surface area contributed by atoms with Gasteiger partial charge >= 0.3 is 0 Å². The number of nitrogens with zero attached hydrogens (tertiary/aromatic N) is 1. The molecule has 22 heavy (non-hydrogen) atoms. The van der Waals surface area contributed by atoms with Gasteiger partial charge in [0.2, 0.25) is 0 Å². The summed E-state index contributed by atoms with van der Waals surface area (Å²) in [5.74, 6) is 0. The lowest BCUT2D eigenvalue weighted by atomic mass is 9.87. The molecule has 1 rings (SSSR count). The minimum Gasteiger partial charge on any atom is -0.374 e. The molecule has 1 aromatic rings. The van der Waals surface area contributed by atoms with E-state index in [-0.39, 0.29) is 5.60 Å². The molecule has 2 nitrogen and oxygen atoms in total. The molecule has 126 valence electrons. The van der Waals surface area contributed by atoms with Crippen LogP contribution in [0.15, 0.2) is 30.3 Å². The van der Waals surface area contributed by atoms with Crippen LogP contribution in [0.2, 0.25) is 0 Å². The van der Waals surface area contributed by atoms with Crippen molar-refractivity contribution in [2.45, 2.75) is 64.4 Å². The van der Waals surface area contributed by atoms with Gasteiger partial charge in [-0.25, -0.2) is 0 Å². The molecule has 0 radical (unpaired) electrons. The molecule has 0 N–H and O–H groups in total. The fourth-order valence-electron chi connectivity index (χ4n) is 2.88. The Bertz CT molecular complexity index is 377. The summed E-state index contributed by atoms with van der Waals surface area (Å²) in [6.07, 6.45) is 8.41. The van der Waals surface area contributed by atoms with Crippen molar-refractivity contribution in [1.82, 2.24) is 4.90 Å². The van der Waals surface area contributed by atoms with E-state index in [1.807, 2.05) is 0 Å². The monoisotopic (exact) mass is 305 g/mol. The van der Waals surface area contributed by atoms with Crippen LogP contribution >= 0.6 is 0 Å². The predicted molar refractivity (Wildman–Crippen MR) is 96.4 cm³/mol. The van der Waals surface area contributed by atoms with Crippen LogP contribution in [0.3, 0.4) is 0 Å². The topological polar surface area (TPSA) is 12.5 Å². The van der Waals surface area contributed by atoms with Crippen molar-refractivity contribution in [2.24, 2.45) is 0 Å². The Morgan fingerprint density at radius 2 is 1.73 bits per heavy atom. The molecule has 1 unspecified atom stereocenters. The molecular formula is C20H35NO. The number of unbranched alkanes of at least 4 members (excludes halogenated alkanes) is 2. The Kier molecular flexibility index (Phi) is 9.42. The zero-order valence-corrected chi connectivity index (χ0v) is 15.1. The molecule has 0 aliphatic carbocycles. The first-order valence-electron chi connectivity index (χ1n) is 8.94. The van der Waals surface area contributed by atoms with Crippen LogP contribution < -0.4 is 0 Å². The first-order valence-corrected chi connectivity index (χ1v) is 8.94. The van der Waals surface area contributed by atoms with E-state index in [2.05, 4.69) is 63.2 Å². The highest BCUT2D eigenvalue weighted by atomic mass is 16.5. The lowest BCUT2D eigenvalue weighted by Crippen LogP contribution is -2.35. The van der Waals surface area contributed by atoms with Gasteiger partial charge < -0.3 is 9.64 Å². The molecule has 1 atom stereocenters. The summed E-state index contributed by atoms with van der Waals surface area (Å²) in [6, 6.07) is 10.8. The summed E-state index contributed by atoms with van der Waals surface area (Å²) in [6.45, 7) is 6.39. The lowest BCUT2D eigenvalue weighted by Gasteiger charge is -2.34. The fourth-order valence-corrected chi connectivity index (χ4v) is 2.88. The van der Waals surface area contributed by atoms with Gasteiger partial charge in [-0.1, -0.05) is 63.4 Å². The minimum absolute atomic E-state index is 0.0566. The van der Waals surface area contributed by atoms with E-state index < -0.39 is 0 Å². The molecule has 0 saturated carbocycles. The Hall–Kier alpha value is -0.860. The summed E-state index contributed by atoms with van der Waals surface area (Å²) in [5.41, 5.74) is 1.48. The summed E-state index contributed by atoms with van der Waals surface area (Å²) < 4.78 is 6.42. The van der Waals surface area contributed by atoms with Gasteiger partial charge in [0.25, 0.3) is 0 Å². The van der Waals surface area contributed by atoms with Crippen LogP contribution in [0.5, 0.6) is 0 Å². The van der Waals surface area contributed by atoms with Gasteiger partial charge in [0, 0.05) is 6.54 Å². The van der Waals surface area contributed by atoms with Crippen molar-refractivity contribution in [3.05, 3.63) is 35.9 Å². The average molecular weight is 306 g/mol. The number of hydrogen-bond donors (Lipinski definition) is 0. The number of benzene rings is 1. The molecule has 0 heterocycles.